The predicted molar refractivity (Wildman–Crippen MR) is 77.3 cm³/mol. The molecule has 0 aliphatic heterocycles. The Balaban J connectivity index is 2.28. The molecular weight excluding hydrogens is 254 g/mol. The maximum atomic E-state index is 12.0. The topological polar surface area (TPSA) is 59.3 Å². The lowest BCUT2D eigenvalue weighted by atomic mass is 10.0. The number of rotatable bonds is 4. The number of aromatic nitrogens is 1. The van der Waals surface area contributed by atoms with E-state index >= 15 is 0 Å². The highest BCUT2D eigenvalue weighted by Gasteiger charge is 2.10. The molecule has 1 aromatic carbocycles. The molecule has 0 spiro atoms. The van der Waals surface area contributed by atoms with E-state index in [-0.39, 0.29) is 5.56 Å². The van der Waals surface area contributed by atoms with Crippen molar-refractivity contribution in [3.05, 3.63) is 69.6 Å². The average Bonchev–Trinajstić information content (AvgIpc) is 2.41. The fourth-order valence-corrected chi connectivity index (χ4v) is 2.03. The fraction of sp³-hybridized carbons (Fsp3) is 0.250. The number of hydrogen-bond acceptors (Lipinski definition) is 2. The number of carboxylic acid groups (broad SMARTS) is 1. The summed E-state index contributed by atoms with van der Waals surface area (Å²) in [5, 5.41) is 8.94. The Labute approximate surface area is 117 Å². The molecule has 0 aliphatic rings. The van der Waals surface area contributed by atoms with Crippen LogP contribution in [0.2, 0.25) is 0 Å². The molecule has 0 fully saturated rings. The van der Waals surface area contributed by atoms with Crippen LogP contribution in [0.3, 0.4) is 0 Å². The van der Waals surface area contributed by atoms with Crippen LogP contribution in [0.15, 0.2) is 47.4 Å². The van der Waals surface area contributed by atoms with E-state index in [0.29, 0.717) is 12.5 Å². The van der Waals surface area contributed by atoms with E-state index < -0.39 is 11.5 Å². The third kappa shape index (κ3) is 2.96. The molecule has 0 saturated heterocycles. The Hall–Kier alpha value is -2.36. The van der Waals surface area contributed by atoms with Crippen molar-refractivity contribution in [1.29, 1.82) is 0 Å². The molecule has 0 atom stereocenters. The second-order valence-corrected chi connectivity index (χ2v) is 5.06. The van der Waals surface area contributed by atoms with Crippen LogP contribution in [0.4, 0.5) is 0 Å². The van der Waals surface area contributed by atoms with Gasteiger partial charge >= 0.3 is 5.97 Å². The largest absolute Gasteiger partial charge is 0.477 e. The van der Waals surface area contributed by atoms with Gasteiger partial charge in [0.2, 0.25) is 0 Å². The Morgan fingerprint density at radius 1 is 1.20 bits per heavy atom. The standard InChI is InChI=1S/C16H17NO3/c1-11(2)13-7-5-12(6-8-13)10-17-9-3-4-14(15(17)18)16(19)20/h3-9,11H,10H2,1-2H3,(H,19,20). The van der Waals surface area contributed by atoms with Gasteiger partial charge in [0.1, 0.15) is 5.56 Å². The van der Waals surface area contributed by atoms with Gasteiger partial charge in [-0.05, 0) is 29.2 Å². The highest BCUT2D eigenvalue weighted by Crippen LogP contribution is 2.15. The summed E-state index contributed by atoms with van der Waals surface area (Å²) in [6, 6.07) is 10.9. The van der Waals surface area contributed by atoms with E-state index in [1.807, 2.05) is 24.3 Å². The lowest BCUT2D eigenvalue weighted by Gasteiger charge is -2.09. The number of aromatic carboxylic acids is 1. The maximum absolute atomic E-state index is 12.0. The SMILES string of the molecule is CC(C)c1ccc(Cn2cccc(C(=O)O)c2=O)cc1. The minimum absolute atomic E-state index is 0.202. The van der Waals surface area contributed by atoms with Gasteiger partial charge < -0.3 is 9.67 Å². The molecule has 1 heterocycles. The Morgan fingerprint density at radius 2 is 1.85 bits per heavy atom. The van der Waals surface area contributed by atoms with E-state index in [1.165, 1.54) is 16.2 Å². The minimum atomic E-state index is -1.19. The van der Waals surface area contributed by atoms with Crippen molar-refractivity contribution in [2.24, 2.45) is 0 Å². The Morgan fingerprint density at radius 3 is 2.40 bits per heavy atom. The second kappa shape index (κ2) is 5.74. The first-order valence-electron chi connectivity index (χ1n) is 6.50. The number of nitrogens with zero attached hydrogens (tertiary/aromatic N) is 1. The lowest BCUT2D eigenvalue weighted by Crippen LogP contribution is -2.25. The first-order chi connectivity index (χ1) is 9.49. The molecule has 0 radical (unpaired) electrons. The van der Waals surface area contributed by atoms with E-state index in [2.05, 4.69) is 13.8 Å². The van der Waals surface area contributed by atoms with Crippen molar-refractivity contribution < 1.29 is 9.90 Å². The van der Waals surface area contributed by atoms with Crippen molar-refractivity contribution in [1.82, 2.24) is 4.57 Å². The number of hydrogen-bond donors (Lipinski definition) is 1. The van der Waals surface area contributed by atoms with Crippen LogP contribution in [0.5, 0.6) is 0 Å². The predicted octanol–water partition coefficient (Wildman–Crippen LogP) is 2.72. The normalized spacial score (nSPS) is 10.8. The molecule has 20 heavy (non-hydrogen) atoms. The van der Waals surface area contributed by atoms with Crippen LogP contribution in [-0.2, 0) is 6.54 Å². The lowest BCUT2D eigenvalue weighted by molar-refractivity contribution is 0.0694. The molecule has 1 N–H and O–H groups in total. The summed E-state index contributed by atoms with van der Waals surface area (Å²) in [5.74, 6) is -0.735. The zero-order valence-electron chi connectivity index (χ0n) is 11.5. The van der Waals surface area contributed by atoms with Gasteiger partial charge in [-0.3, -0.25) is 4.79 Å². The summed E-state index contributed by atoms with van der Waals surface area (Å²) in [7, 11) is 0. The van der Waals surface area contributed by atoms with Crippen molar-refractivity contribution in [2.75, 3.05) is 0 Å². The molecule has 1 aromatic heterocycles. The first kappa shape index (κ1) is 14.1. The van der Waals surface area contributed by atoms with Gasteiger partial charge in [0, 0.05) is 6.20 Å². The van der Waals surface area contributed by atoms with Gasteiger partial charge in [-0.2, -0.15) is 0 Å². The fourth-order valence-electron chi connectivity index (χ4n) is 2.03. The third-order valence-corrected chi connectivity index (χ3v) is 3.25. The van der Waals surface area contributed by atoms with E-state index in [0.717, 1.165) is 5.56 Å². The second-order valence-electron chi connectivity index (χ2n) is 5.06. The molecule has 0 bridgehead atoms. The highest BCUT2D eigenvalue weighted by atomic mass is 16.4. The summed E-state index contributed by atoms with van der Waals surface area (Å²) in [6.07, 6.45) is 1.60. The molecule has 104 valence electrons. The van der Waals surface area contributed by atoms with Gasteiger partial charge in [-0.25, -0.2) is 4.79 Å². The number of carboxylic acids is 1. The van der Waals surface area contributed by atoms with Crippen LogP contribution < -0.4 is 5.56 Å². The molecular formula is C16H17NO3. The van der Waals surface area contributed by atoms with Crippen LogP contribution in [-0.4, -0.2) is 15.6 Å². The van der Waals surface area contributed by atoms with Gasteiger partial charge in [0.15, 0.2) is 0 Å². The quantitative estimate of drug-likeness (QED) is 0.930. The van der Waals surface area contributed by atoms with E-state index in [1.54, 1.807) is 12.3 Å². The van der Waals surface area contributed by atoms with Gasteiger partial charge in [0.05, 0.1) is 6.54 Å². The molecule has 4 nitrogen and oxygen atoms in total. The monoisotopic (exact) mass is 271 g/mol. The Kier molecular flexibility index (Phi) is 4.03. The van der Waals surface area contributed by atoms with Crippen LogP contribution in [0, 0.1) is 0 Å². The first-order valence-corrected chi connectivity index (χ1v) is 6.50. The van der Waals surface area contributed by atoms with Gasteiger partial charge in [0.25, 0.3) is 5.56 Å². The van der Waals surface area contributed by atoms with Crippen molar-refractivity contribution in [3.63, 3.8) is 0 Å². The minimum Gasteiger partial charge on any atom is -0.477 e. The molecule has 0 aliphatic carbocycles. The highest BCUT2D eigenvalue weighted by molar-refractivity contribution is 5.86. The summed E-state index contributed by atoms with van der Waals surface area (Å²) < 4.78 is 1.41. The summed E-state index contributed by atoms with van der Waals surface area (Å²) in [4.78, 5) is 22.9. The molecule has 0 unspecified atom stereocenters. The number of benzene rings is 1. The molecule has 0 saturated carbocycles. The van der Waals surface area contributed by atoms with Crippen molar-refractivity contribution in [2.45, 2.75) is 26.3 Å². The van der Waals surface area contributed by atoms with Gasteiger partial charge in [-0.1, -0.05) is 38.1 Å². The zero-order chi connectivity index (χ0) is 14.7. The summed E-state index contributed by atoms with van der Waals surface area (Å²) in [6.45, 7) is 4.62. The summed E-state index contributed by atoms with van der Waals surface area (Å²) in [5.41, 5.74) is 1.53. The van der Waals surface area contributed by atoms with Crippen molar-refractivity contribution in [3.8, 4) is 0 Å². The van der Waals surface area contributed by atoms with Crippen molar-refractivity contribution >= 4 is 5.97 Å². The molecule has 0 amide bonds. The van der Waals surface area contributed by atoms with Crippen LogP contribution in [0.25, 0.3) is 0 Å². The van der Waals surface area contributed by atoms with E-state index in [9.17, 15) is 9.59 Å². The molecule has 2 aromatic rings. The van der Waals surface area contributed by atoms with Crippen LogP contribution >= 0.6 is 0 Å². The zero-order valence-corrected chi connectivity index (χ0v) is 11.5. The number of pyridine rings is 1. The maximum Gasteiger partial charge on any atom is 0.341 e. The smallest absolute Gasteiger partial charge is 0.341 e. The Bertz CT molecular complexity index is 669. The van der Waals surface area contributed by atoms with Gasteiger partial charge in [-0.15, -0.1) is 0 Å². The molecule has 2 rings (SSSR count). The average molecular weight is 271 g/mol. The van der Waals surface area contributed by atoms with E-state index in [4.69, 9.17) is 5.11 Å². The molecule has 4 heteroatoms. The van der Waals surface area contributed by atoms with Crippen LogP contribution in [0.1, 0.15) is 41.3 Å². The third-order valence-electron chi connectivity index (χ3n) is 3.25. The summed E-state index contributed by atoms with van der Waals surface area (Å²) >= 11 is 0. The number of carbonyl (C=O) groups is 1.